The molecule has 0 aromatic rings. The molecule has 0 bridgehead atoms. The van der Waals surface area contributed by atoms with Crippen LogP contribution < -0.4 is 10.6 Å². The van der Waals surface area contributed by atoms with Crippen LogP contribution in [-0.2, 0) is 0 Å². The number of urea groups is 1. The third kappa shape index (κ3) is 2.78. The molecule has 1 saturated carbocycles. The maximum absolute atomic E-state index is 10.9. The van der Waals surface area contributed by atoms with Crippen molar-refractivity contribution in [2.75, 3.05) is 6.54 Å². The highest BCUT2D eigenvalue weighted by Gasteiger charge is 2.16. The molecule has 63 valence electrons. The molecule has 3 heteroatoms. The van der Waals surface area contributed by atoms with Gasteiger partial charge in [0.15, 0.2) is 0 Å². The molecular formula is C8H15N2O. The topological polar surface area (TPSA) is 43.2 Å². The fourth-order valence-corrected chi connectivity index (χ4v) is 1.43. The van der Waals surface area contributed by atoms with Crippen molar-refractivity contribution < 1.29 is 4.79 Å². The smallest absolute Gasteiger partial charge is 0.334 e. The van der Waals surface area contributed by atoms with E-state index in [2.05, 4.69) is 10.6 Å². The molecule has 0 heterocycles. The van der Waals surface area contributed by atoms with Gasteiger partial charge in [-0.3, -0.25) is 0 Å². The Bertz CT molecular complexity index is 130. The van der Waals surface area contributed by atoms with Gasteiger partial charge in [-0.2, -0.15) is 0 Å². The molecule has 0 atom stereocenters. The van der Waals surface area contributed by atoms with E-state index in [0.717, 1.165) is 12.8 Å². The van der Waals surface area contributed by atoms with E-state index in [9.17, 15) is 4.79 Å². The third-order valence-corrected chi connectivity index (χ3v) is 1.98. The van der Waals surface area contributed by atoms with Gasteiger partial charge in [0.05, 0.1) is 0 Å². The average Bonchev–Trinajstić information content (AvgIpc) is 2.40. The standard InChI is InChI=1S/C8H15N2O/c1-2-9-8(11)10-7-5-3-4-6-7/h7H,2-6H2,1H3,(H,10,11). The van der Waals surface area contributed by atoms with Crippen LogP contribution in [0.3, 0.4) is 0 Å². The molecule has 0 aliphatic heterocycles. The molecule has 1 N–H and O–H groups in total. The van der Waals surface area contributed by atoms with Crippen LogP contribution in [0.5, 0.6) is 0 Å². The maximum atomic E-state index is 10.9. The summed E-state index contributed by atoms with van der Waals surface area (Å²) in [5, 5.41) is 6.61. The van der Waals surface area contributed by atoms with Crippen molar-refractivity contribution in [1.29, 1.82) is 0 Å². The van der Waals surface area contributed by atoms with Crippen LogP contribution in [0.4, 0.5) is 4.79 Å². The lowest BCUT2D eigenvalue weighted by Gasteiger charge is -2.09. The second-order valence-corrected chi connectivity index (χ2v) is 2.91. The summed E-state index contributed by atoms with van der Waals surface area (Å²) >= 11 is 0. The highest BCUT2D eigenvalue weighted by Crippen LogP contribution is 2.17. The SMILES string of the molecule is CC[N]C(=O)NC1CCCC1. The molecule has 1 rings (SSSR count). The molecule has 1 aliphatic rings. The zero-order chi connectivity index (χ0) is 8.10. The van der Waals surface area contributed by atoms with Crippen LogP contribution in [0, 0.1) is 0 Å². The summed E-state index contributed by atoms with van der Waals surface area (Å²) in [6.45, 7) is 2.45. The average molecular weight is 155 g/mol. The summed E-state index contributed by atoms with van der Waals surface area (Å²) in [5.74, 6) is 0. The Morgan fingerprint density at radius 2 is 2.18 bits per heavy atom. The van der Waals surface area contributed by atoms with Gasteiger partial charge in [0.2, 0.25) is 0 Å². The first-order valence-electron chi connectivity index (χ1n) is 4.31. The Hall–Kier alpha value is -0.730. The Labute approximate surface area is 67.5 Å². The van der Waals surface area contributed by atoms with E-state index in [1.807, 2.05) is 6.92 Å². The van der Waals surface area contributed by atoms with Crippen molar-refractivity contribution in [2.45, 2.75) is 38.6 Å². The zero-order valence-corrected chi connectivity index (χ0v) is 6.97. The third-order valence-electron chi connectivity index (χ3n) is 1.98. The van der Waals surface area contributed by atoms with Crippen LogP contribution in [0.25, 0.3) is 0 Å². The Kier molecular flexibility index (Phi) is 3.20. The number of carbonyl (C=O) groups is 1. The van der Waals surface area contributed by atoms with Gasteiger partial charge in [-0.05, 0) is 19.8 Å². The minimum Gasteiger partial charge on any atom is -0.334 e. The molecule has 11 heavy (non-hydrogen) atoms. The molecule has 1 aliphatic carbocycles. The highest BCUT2D eigenvalue weighted by atomic mass is 16.2. The highest BCUT2D eigenvalue weighted by molar-refractivity contribution is 5.73. The molecule has 1 radical (unpaired) electrons. The molecule has 1 fully saturated rings. The molecule has 0 aromatic heterocycles. The summed E-state index contributed by atoms with van der Waals surface area (Å²) < 4.78 is 0. The normalized spacial score (nSPS) is 18.3. The first-order valence-corrected chi connectivity index (χ1v) is 4.31. The molecule has 0 saturated heterocycles. The van der Waals surface area contributed by atoms with Crippen molar-refractivity contribution >= 4 is 6.03 Å². The van der Waals surface area contributed by atoms with Crippen LogP contribution in [-0.4, -0.2) is 18.6 Å². The van der Waals surface area contributed by atoms with E-state index in [0.29, 0.717) is 12.6 Å². The van der Waals surface area contributed by atoms with Crippen molar-refractivity contribution in [2.24, 2.45) is 0 Å². The molecule has 2 amide bonds. The van der Waals surface area contributed by atoms with Gasteiger partial charge < -0.3 is 5.32 Å². The first-order chi connectivity index (χ1) is 5.33. The largest absolute Gasteiger partial charge is 0.336 e. The number of nitrogens with one attached hydrogen (secondary N) is 1. The summed E-state index contributed by atoms with van der Waals surface area (Å²) in [7, 11) is 0. The quantitative estimate of drug-likeness (QED) is 0.641. The fraction of sp³-hybridized carbons (Fsp3) is 0.875. The van der Waals surface area contributed by atoms with E-state index in [1.165, 1.54) is 12.8 Å². The number of carbonyl (C=O) groups excluding carboxylic acids is 1. The lowest BCUT2D eigenvalue weighted by molar-refractivity contribution is 0.237. The number of hydrogen-bond donors (Lipinski definition) is 1. The summed E-state index contributed by atoms with van der Waals surface area (Å²) in [5.41, 5.74) is 0. The predicted molar refractivity (Wildman–Crippen MR) is 43.5 cm³/mol. The van der Waals surface area contributed by atoms with Gasteiger partial charge in [-0.1, -0.05) is 12.8 Å². The van der Waals surface area contributed by atoms with Crippen LogP contribution in [0.15, 0.2) is 0 Å². The monoisotopic (exact) mass is 155 g/mol. The number of amides is 2. The number of rotatable bonds is 2. The summed E-state index contributed by atoms with van der Waals surface area (Å²) in [6, 6.07) is 0.261. The fourth-order valence-electron chi connectivity index (χ4n) is 1.43. The second kappa shape index (κ2) is 4.21. The Morgan fingerprint density at radius 3 is 2.73 bits per heavy atom. The van der Waals surface area contributed by atoms with E-state index in [-0.39, 0.29) is 6.03 Å². The van der Waals surface area contributed by atoms with Crippen molar-refractivity contribution in [1.82, 2.24) is 10.6 Å². The Balaban J connectivity index is 2.13. The van der Waals surface area contributed by atoms with E-state index < -0.39 is 0 Å². The van der Waals surface area contributed by atoms with Crippen molar-refractivity contribution in [3.63, 3.8) is 0 Å². The second-order valence-electron chi connectivity index (χ2n) is 2.91. The minimum absolute atomic E-state index is 0.139. The van der Waals surface area contributed by atoms with Crippen LogP contribution >= 0.6 is 0 Å². The lowest BCUT2D eigenvalue weighted by atomic mass is 10.3. The summed E-state index contributed by atoms with van der Waals surface area (Å²) in [6.07, 6.45) is 4.75. The minimum atomic E-state index is -0.139. The molecule has 0 unspecified atom stereocenters. The van der Waals surface area contributed by atoms with Crippen molar-refractivity contribution in [3.05, 3.63) is 0 Å². The zero-order valence-electron chi connectivity index (χ0n) is 6.97. The van der Waals surface area contributed by atoms with Gasteiger partial charge in [-0.15, -0.1) is 0 Å². The van der Waals surface area contributed by atoms with Gasteiger partial charge in [-0.25, -0.2) is 10.1 Å². The van der Waals surface area contributed by atoms with Gasteiger partial charge >= 0.3 is 6.03 Å². The predicted octanol–water partition coefficient (Wildman–Crippen LogP) is 1.26. The molecule has 0 spiro atoms. The molecular weight excluding hydrogens is 140 g/mol. The summed E-state index contributed by atoms with van der Waals surface area (Å²) in [4.78, 5) is 10.9. The van der Waals surface area contributed by atoms with E-state index in [1.54, 1.807) is 0 Å². The van der Waals surface area contributed by atoms with Crippen LogP contribution in [0.1, 0.15) is 32.6 Å². The number of nitrogens with zero attached hydrogens (tertiary/aromatic N) is 1. The van der Waals surface area contributed by atoms with Gasteiger partial charge in [0, 0.05) is 12.6 Å². The molecule has 0 aromatic carbocycles. The maximum Gasteiger partial charge on any atom is 0.336 e. The van der Waals surface area contributed by atoms with Crippen molar-refractivity contribution in [3.8, 4) is 0 Å². The molecule has 3 nitrogen and oxygen atoms in total. The first kappa shape index (κ1) is 8.37. The van der Waals surface area contributed by atoms with Crippen LogP contribution in [0.2, 0.25) is 0 Å². The van der Waals surface area contributed by atoms with E-state index >= 15 is 0 Å². The lowest BCUT2D eigenvalue weighted by Crippen LogP contribution is -2.37. The van der Waals surface area contributed by atoms with Gasteiger partial charge in [0.25, 0.3) is 0 Å². The Morgan fingerprint density at radius 1 is 1.55 bits per heavy atom. The van der Waals surface area contributed by atoms with E-state index in [4.69, 9.17) is 0 Å². The number of hydrogen-bond acceptors (Lipinski definition) is 1. The van der Waals surface area contributed by atoms with Gasteiger partial charge in [0.1, 0.15) is 0 Å².